The van der Waals surface area contributed by atoms with Gasteiger partial charge < -0.3 is 21.7 Å². The minimum absolute atomic E-state index is 0.174. The van der Waals surface area contributed by atoms with Crippen molar-refractivity contribution in [1.29, 1.82) is 0 Å². The first-order valence-corrected chi connectivity index (χ1v) is 10.3. The molecule has 0 radical (unpaired) electrons. The number of hydrogen-bond acceptors (Lipinski definition) is 3. The molecule has 7 nitrogen and oxygen atoms in total. The number of nitrogens with zero attached hydrogens (tertiary/aromatic N) is 1. The molecule has 5 N–H and O–H groups in total. The summed E-state index contributed by atoms with van der Waals surface area (Å²) < 4.78 is 0. The third-order valence-corrected chi connectivity index (χ3v) is 5.24. The molecule has 2 aromatic carbocycles. The Morgan fingerprint density at radius 1 is 1.00 bits per heavy atom. The Balaban J connectivity index is 1.57. The maximum absolute atomic E-state index is 11.9. The molecule has 1 aliphatic rings. The fourth-order valence-corrected chi connectivity index (χ4v) is 3.31. The standard InChI is InChI=1S/C23H29N5O2/c1-2-25-22(28-16-23(12-13-23)19-6-4-3-5-7-19)27-14-17-8-10-18(11-9-17)21(30)26-15-20(24)29/h3-11H,2,12-16H2,1H3,(H2,24,29)(H,26,30)(H2,25,27,28). The van der Waals surface area contributed by atoms with Crippen LogP contribution in [0.2, 0.25) is 0 Å². The van der Waals surface area contributed by atoms with Crippen LogP contribution >= 0.6 is 0 Å². The number of amides is 2. The van der Waals surface area contributed by atoms with Crippen LogP contribution in [0.25, 0.3) is 0 Å². The third kappa shape index (κ3) is 5.83. The van der Waals surface area contributed by atoms with Crippen LogP contribution in [0, 0.1) is 0 Å². The fourth-order valence-electron chi connectivity index (χ4n) is 3.31. The molecule has 0 atom stereocenters. The maximum Gasteiger partial charge on any atom is 0.251 e. The Labute approximate surface area is 177 Å². The van der Waals surface area contributed by atoms with Crippen molar-refractivity contribution in [2.75, 3.05) is 19.6 Å². The Kier molecular flexibility index (Phi) is 7.06. The van der Waals surface area contributed by atoms with Crippen molar-refractivity contribution in [2.45, 2.75) is 31.7 Å². The van der Waals surface area contributed by atoms with Crippen molar-refractivity contribution in [2.24, 2.45) is 10.7 Å². The largest absolute Gasteiger partial charge is 0.368 e. The highest BCUT2D eigenvalue weighted by Gasteiger charge is 2.43. The van der Waals surface area contributed by atoms with Crippen LogP contribution < -0.4 is 21.7 Å². The molecule has 0 saturated heterocycles. The lowest BCUT2D eigenvalue weighted by Crippen LogP contribution is -2.41. The summed E-state index contributed by atoms with van der Waals surface area (Å²) >= 11 is 0. The van der Waals surface area contributed by atoms with E-state index in [1.54, 1.807) is 12.1 Å². The fraction of sp³-hybridized carbons (Fsp3) is 0.348. The van der Waals surface area contributed by atoms with E-state index in [1.165, 1.54) is 18.4 Å². The normalized spacial score (nSPS) is 14.6. The molecule has 2 amide bonds. The van der Waals surface area contributed by atoms with Crippen molar-refractivity contribution in [3.63, 3.8) is 0 Å². The number of nitrogens with two attached hydrogens (primary N) is 1. The van der Waals surface area contributed by atoms with Gasteiger partial charge in [-0.2, -0.15) is 0 Å². The van der Waals surface area contributed by atoms with E-state index in [9.17, 15) is 9.59 Å². The van der Waals surface area contributed by atoms with E-state index >= 15 is 0 Å². The minimum Gasteiger partial charge on any atom is -0.368 e. The minimum atomic E-state index is -0.571. The Morgan fingerprint density at radius 2 is 1.70 bits per heavy atom. The van der Waals surface area contributed by atoms with E-state index in [0.29, 0.717) is 12.1 Å². The van der Waals surface area contributed by atoms with E-state index in [0.717, 1.165) is 24.6 Å². The average Bonchev–Trinajstić information content (AvgIpc) is 3.56. The summed E-state index contributed by atoms with van der Waals surface area (Å²) in [5, 5.41) is 9.25. The lowest BCUT2D eigenvalue weighted by Gasteiger charge is -2.19. The van der Waals surface area contributed by atoms with Gasteiger partial charge in [0.2, 0.25) is 5.91 Å². The second kappa shape index (κ2) is 9.91. The first kappa shape index (κ1) is 21.4. The van der Waals surface area contributed by atoms with Crippen molar-refractivity contribution in [3.05, 3.63) is 71.3 Å². The Morgan fingerprint density at radius 3 is 2.30 bits per heavy atom. The summed E-state index contributed by atoms with van der Waals surface area (Å²) in [6, 6.07) is 17.8. The number of primary amides is 1. The molecule has 7 heteroatoms. The summed E-state index contributed by atoms with van der Waals surface area (Å²) in [4.78, 5) is 27.4. The molecule has 0 aliphatic heterocycles. The van der Waals surface area contributed by atoms with Gasteiger partial charge in [-0.3, -0.25) is 9.59 Å². The lowest BCUT2D eigenvalue weighted by atomic mass is 9.96. The number of benzene rings is 2. The topological polar surface area (TPSA) is 109 Å². The Bertz CT molecular complexity index is 890. The predicted molar refractivity (Wildman–Crippen MR) is 118 cm³/mol. The van der Waals surface area contributed by atoms with Crippen LogP contribution in [-0.4, -0.2) is 37.4 Å². The van der Waals surface area contributed by atoms with E-state index < -0.39 is 5.91 Å². The van der Waals surface area contributed by atoms with E-state index in [4.69, 9.17) is 5.73 Å². The zero-order valence-corrected chi connectivity index (χ0v) is 17.3. The lowest BCUT2D eigenvalue weighted by molar-refractivity contribution is -0.117. The zero-order valence-electron chi connectivity index (χ0n) is 17.3. The molecular weight excluding hydrogens is 378 g/mol. The van der Waals surface area contributed by atoms with E-state index in [1.807, 2.05) is 25.1 Å². The molecular formula is C23H29N5O2. The van der Waals surface area contributed by atoms with Gasteiger partial charge in [0.15, 0.2) is 5.96 Å². The SMILES string of the molecule is CCNC(=NCc1ccc(C(=O)NCC(N)=O)cc1)NCC1(c2ccccc2)CC1. The van der Waals surface area contributed by atoms with Gasteiger partial charge in [-0.25, -0.2) is 4.99 Å². The van der Waals surface area contributed by atoms with Crippen molar-refractivity contribution in [3.8, 4) is 0 Å². The van der Waals surface area contributed by atoms with Crippen molar-refractivity contribution < 1.29 is 9.59 Å². The van der Waals surface area contributed by atoms with Crippen LogP contribution in [0.4, 0.5) is 0 Å². The van der Waals surface area contributed by atoms with Gasteiger partial charge in [0.1, 0.15) is 0 Å². The first-order valence-electron chi connectivity index (χ1n) is 10.3. The highest BCUT2D eigenvalue weighted by atomic mass is 16.2. The zero-order chi connectivity index (χ0) is 21.4. The number of carbonyl (C=O) groups excluding carboxylic acids is 2. The van der Waals surface area contributed by atoms with Crippen LogP contribution in [0.1, 0.15) is 41.3 Å². The monoisotopic (exact) mass is 407 g/mol. The molecule has 0 unspecified atom stereocenters. The third-order valence-electron chi connectivity index (χ3n) is 5.24. The van der Waals surface area contributed by atoms with Crippen LogP contribution in [0.15, 0.2) is 59.6 Å². The van der Waals surface area contributed by atoms with Crippen molar-refractivity contribution in [1.82, 2.24) is 16.0 Å². The highest BCUT2D eigenvalue weighted by molar-refractivity contribution is 5.96. The van der Waals surface area contributed by atoms with Gasteiger partial charge >= 0.3 is 0 Å². The van der Waals surface area contributed by atoms with Gasteiger partial charge in [0.05, 0.1) is 13.1 Å². The van der Waals surface area contributed by atoms with Gasteiger partial charge in [-0.05, 0) is 43.0 Å². The average molecular weight is 408 g/mol. The van der Waals surface area contributed by atoms with Crippen molar-refractivity contribution >= 4 is 17.8 Å². The molecule has 0 bridgehead atoms. The van der Waals surface area contributed by atoms with Gasteiger partial charge in [0.25, 0.3) is 5.91 Å². The van der Waals surface area contributed by atoms with E-state index in [2.05, 4.69) is 45.2 Å². The smallest absolute Gasteiger partial charge is 0.251 e. The molecule has 30 heavy (non-hydrogen) atoms. The molecule has 0 spiro atoms. The molecule has 1 saturated carbocycles. The van der Waals surface area contributed by atoms with Crippen LogP contribution in [0.5, 0.6) is 0 Å². The number of aliphatic imine (C=N–C) groups is 1. The summed E-state index contributed by atoms with van der Waals surface area (Å²) in [5.41, 5.74) is 8.09. The number of carbonyl (C=O) groups is 2. The molecule has 1 fully saturated rings. The number of hydrogen-bond donors (Lipinski definition) is 4. The summed E-state index contributed by atoms with van der Waals surface area (Å²) in [6.45, 7) is 4.00. The molecule has 1 aliphatic carbocycles. The molecule has 2 aromatic rings. The van der Waals surface area contributed by atoms with Gasteiger partial charge in [0, 0.05) is 24.1 Å². The van der Waals surface area contributed by atoms with Crippen LogP contribution in [-0.2, 0) is 16.8 Å². The molecule has 3 rings (SSSR count). The molecule has 158 valence electrons. The number of guanidine groups is 1. The van der Waals surface area contributed by atoms with Crippen LogP contribution in [0.3, 0.4) is 0 Å². The Hall–Kier alpha value is -3.35. The van der Waals surface area contributed by atoms with E-state index in [-0.39, 0.29) is 17.9 Å². The van der Waals surface area contributed by atoms with Gasteiger partial charge in [-0.15, -0.1) is 0 Å². The summed E-state index contributed by atoms with van der Waals surface area (Å²) in [5.74, 6) is -0.115. The first-order chi connectivity index (χ1) is 14.5. The number of nitrogens with one attached hydrogen (secondary N) is 3. The second-order valence-electron chi connectivity index (χ2n) is 7.54. The summed E-state index contributed by atoms with van der Waals surface area (Å²) in [6.07, 6.45) is 2.37. The summed E-state index contributed by atoms with van der Waals surface area (Å²) in [7, 11) is 0. The quantitative estimate of drug-likeness (QED) is 0.375. The number of rotatable bonds is 9. The molecule has 0 aromatic heterocycles. The highest BCUT2D eigenvalue weighted by Crippen LogP contribution is 2.47. The maximum atomic E-state index is 11.9. The molecule has 0 heterocycles. The van der Waals surface area contributed by atoms with Gasteiger partial charge in [-0.1, -0.05) is 42.5 Å². The second-order valence-corrected chi connectivity index (χ2v) is 7.54. The predicted octanol–water partition coefficient (Wildman–Crippen LogP) is 1.69.